The van der Waals surface area contributed by atoms with Gasteiger partial charge >= 0.3 is 5.97 Å². The van der Waals surface area contributed by atoms with Crippen molar-refractivity contribution in [1.82, 2.24) is 15.0 Å². The van der Waals surface area contributed by atoms with Crippen molar-refractivity contribution in [3.8, 4) is 6.07 Å². The fourth-order valence-electron chi connectivity index (χ4n) is 3.43. The predicted octanol–water partition coefficient (Wildman–Crippen LogP) is 3.13. The van der Waals surface area contributed by atoms with Gasteiger partial charge in [-0.3, -0.25) is 4.68 Å². The third kappa shape index (κ3) is 4.05. The number of esters is 1. The molecule has 6 heteroatoms. The number of rotatable bonds is 5. The van der Waals surface area contributed by atoms with Crippen molar-refractivity contribution in [2.75, 3.05) is 7.11 Å². The largest absolute Gasteiger partial charge is 0.465 e. The summed E-state index contributed by atoms with van der Waals surface area (Å²) >= 11 is 0. The molecule has 0 spiro atoms. The van der Waals surface area contributed by atoms with Crippen molar-refractivity contribution in [3.63, 3.8) is 0 Å². The van der Waals surface area contributed by atoms with Gasteiger partial charge < -0.3 is 4.74 Å². The molecule has 1 aromatic heterocycles. The highest BCUT2D eigenvalue weighted by Gasteiger charge is 2.33. The highest BCUT2D eigenvalue weighted by atomic mass is 16.5. The summed E-state index contributed by atoms with van der Waals surface area (Å²) in [6.07, 6.45) is 7.88. The zero-order valence-electron chi connectivity index (χ0n) is 14.4. The highest BCUT2D eigenvalue weighted by molar-refractivity contribution is 5.89. The molecule has 1 heterocycles. The molecule has 1 aliphatic carbocycles. The van der Waals surface area contributed by atoms with Crippen LogP contribution in [0.1, 0.15) is 53.7 Å². The summed E-state index contributed by atoms with van der Waals surface area (Å²) in [5.74, 6) is -0.341. The van der Waals surface area contributed by atoms with Gasteiger partial charge in [0.1, 0.15) is 0 Å². The van der Waals surface area contributed by atoms with Crippen LogP contribution in [0.5, 0.6) is 0 Å². The van der Waals surface area contributed by atoms with Crippen LogP contribution in [-0.4, -0.2) is 28.1 Å². The van der Waals surface area contributed by atoms with Gasteiger partial charge in [-0.05, 0) is 30.5 Å². The number of ether oxygens (including phenoxy) is 1. The second-order valence-corrected chi connectivity index (χ2v) is 6.73. The molecule has 0 bridgehead atoms. The lowest BCUT2D eigenvalue weighted by Crippen LogP contribution is -2.28. The Morgan fingerprint density at radius 2 is 2.00 bits per heavy atom. The Kier molecular flexibility index (Phi) is 5.13. The average Bonchev–Trinajstić information content (AvgIpc) is 3.09. The molecule has 0 radical (unpaired) electrons. The van der Waals surface area contributed by atoms with Crippen LogP contribution in [0.15, 0.2) is 30.5 Å². The molecule has 25 heavy (non-hydrogen) atoms. The Balaban J connectivity index is 1.65. The molecule has 1 aliphatic rings. The number of hydrogen-bond donors (Lipinski definition) is 0. The van der Waals surface area contributed by atoms with Crippen LogP contribution < -0.4 is 0 Å². The minimum Gasteiger partial charge on any atom is -0.465 e. The highest BCUT2D eigenvalue weighted by Crippen LogP contribution is 2.36. The van der Waals surface area contributed by atoms with Crippen molar-refractivity contribution in [3.05, 3.63) is 47.3 Å². The minimum atomic E-state index is -0.341. The van der Waals surface area contributed by atoms with Crippen LogP contribution in [0.4, 0.5) is 0 Å². The number of carbonyl (C=O) groups excluding carboxylic acids is 1. The molecular formula is C19H22N4O2. The van der Waals surface area contributed by atoms with E-state index in [-0.39, 0.29) is 11.4 Å². The van der Waals surface area contributed by atoms with Gasteiger partial charge in [-0.2, -0.15) is 5.26 Å². The average molecular weight is 338 g/mol. The van der Waals surface area contributed by atoms with Crippen molar-refractivity contribution in [2.24, 2.45) is 5.41 Å². The first kappa shape index (κ1) is 17.2. The summed E-state index contributed by atoms with van der Waals surface area (Å²) in [5, 5.41) is 18.0. The van der Waals surface area contributed by atoms with E-state index in [2.05, 4.69) is 16.4 Å². The predicted molar refractivity (Wildman–Crippen MR) is 91.7 cm³/mol. The standard InChI is InChI=1S/C19H22N4O2/c1-25-18(24)16-7-5-15(6-8-16)11-17-12-23(22-21-17)14-19(13-20)9-3-2-4-10-19/h5-8,12H,2-4,9-11,14H2,1H3. The summed E-state index contributed by atoms with van der Waals surface area (Å²) in [5.41, 5.74) is 2.14. The fraction of sp³-hybridized carbons (Fsp3) is 0.474. The van der Waals surface area contributed by atoms with Gasteiger partial charge in [-0.1, -0.05) is 36.6 Å². The SMILES string of the molecule is COC(=O)c1ccc(Cc2cn(CC3(C#N)CCCCC3)nn2)cc1. The molecule has 6 nitrogen and oxygen atoms in total. The zero-order valence-corrected chi connectivity index (χ0v) is 14.4. The maximum Gasteiger partial charge on any atom is 0.337 e. The van der Waals surface area contributed by atoms with E-state index in [1.807, 2.05) is 18.3 Å². The van der Waals surface area contributed by atoms with E-state index in [4.69, 9.17) is 4.74 Å². The maximum absolute atomic E-state index is 11.5. The third-order valence-corrected chi connectivity index (χ3v) is 4.86. The van der Waals surface area contributed by atoms with E-state index in [9.17, 15) is 10.1 Å². The molecule has 130 valence electrons. The first-order chi connectivity index (χ1) is 12.1. The van der Waals surface area contributed by atoms with Gasteiger partial charge in [0.25, 0.3) is 0 Å². The van der Waals surface area contributed by atoms with Gasteiger partial charge in [0.15, 0.2) is 0 Å². The smallest absolute Gasteiger partial charge is 0.337 e. The normalized spacial score (nSPS) is 16.2. The number of benzene rings is 1. The van der Waals surface area contributed by atoms with E-state index < -0.39 is 0 Å². The van der Waals surface area contributed by atoms with Crippen molar-refractivity contribution >= 4 is 5.97 Å². The van der Waals surface area contributed by atoms with Crippen molar-refractivity contribution in [2.45, 2.75) is 45.1 Å². The Labute approximate surface area is 147 Å². The Bertz CT molecular complexity index is 767. The number of nitrogens with zero attached hydrogens (tertiary/aromatic N) is 4. The van der Waals surface area contributed by atoms with Crippen LogP contribution in [0.2, 0.25) is 0 Å². The molecule has 0 N–H and O–H groups in total. The summed E-state index contributed by atoms with van der Waals surface area (Å²) in [6.45, 7) is 0.609. The zero-order chi connectivity index (χ0) is 17.7. The molecule has 0 atom stereocenters. The first-order valence-electron chi connectivity index (χ1n) is 8.62. The molecular weight excluding hydrogens is 316 g/mol. The molecule has 0 amide bonds. The Morgan fingerprint density at radius 1 is 1.28 bits per heavy atom. The molecule has 0 saturated heterocycles. The number of hydrogen-bond acceptors (Lipinski definition) is 5. The molecule has 2 aromatic rings. The van der Waals surface area contributed by atoms with Gasteiger partial charge in [-0.25, -0.2) is 4.79 Å². The topological polar surface area (TPSA) is 80.8 Å². The number of methoxy groups -OCH3 is 1. The second kappa shape index (κ2) is 7.47. The van der Waals surface area contributed by atoms with Crippen LogP contribution >= 0.6 is 0 Å². The van der Waals surface area contributed by atoms with E-state index >= 15 is 0 Å². The lowest BCUT2D eigenvalue weighted by Gasteiger charge is -2.30. The molecule has 1 fully saturated rings. The van der Waals surface area contributed by atoms with E-state index in [0.717, 1.165) is 36.9 Å². The monoisotopic (exact) mass is 338 g/mol. The molecule has 1 saturated carbocycles. The number of nitriles is 1. The quantitative estimate of drug-likeness (QED) is 0.782. The van der Waals surface area contributed by atoms with E-state index in [1.165, 1.54) is 13.5 Å². The Morgan fingerprint density at radius 3 is 2.64 bits per heavy atom. The lowest BCUT2D eigenvalue weighted by molar-refractivity contribution is 0.0600. The van der Waals surface area contributed by atoms with Crippen molar-refractivity contribution < 1.29 is 9.53 Å². The van der Waals surface area contributed by atoms with Gasteiger partial charge in [-0.15, -0.1) is 5.10 Å². The summed E-state index contributed by atoms with van der Waals surface area (Å²) < 4.78 is 6.50. The van der Waals surface area contributed by atoms with Crippen LogP contribution in [0.3, 0.4) is 0 Å². The van der Waals surface area contributed by atoms with Gasteiger partial charge in [0.2, 0.25) is 0 Å². The third-order valence-electron chi connectivity index (χ3n) is 4.86. The minimum absolute atomic E-state index is 0.300. The maximum atomic E-state index is 11.5. The molecule has 0 unspecified atom stereocenters. The van der Waals surface area contributed by atoms with Crippen LogP contribution in [-0.2, 0) is 17.7 Å². The van der Waals surface area contributed by atoms with Gasteiger partial charge in [0.05, 0.1) is 36.4 Å². The van der Waals surface area contributed by atoms with E-state index in [1.54, 1.807) is 16.8 Å². The number of aromatic nitrogens is 3. The summed E-state index contributed by atoms with van der Waals surface area (Å²) in [7, 11) is 1.37. The first-order valence-corrected chi connectivity index (χ1v) is 8.62. The Hall–Kier alpha value is -2.68. The van der Waals surface area contributed by atoms with Crippen LogP contribution in [0, 0.1) is 16.7 Å². The van der Waals surface area contributed by atoms with Crippen LogP contribution in [0.25, 0.3) is 0 Å². The molecule has 0 aliphatic heterocycles. The fourth-order valence-corrected chi connectivity index (χ4v) is 3.43. The molecule has 3 rings (SSSR count). The van der Waals surface area contributed by atoms with E-state index in [0.29, 0.717) is 18.5 Å². The van der Waals surface area contributed by atoms with Crippen molar-refractivity contribution in [1.29, 1.82) is 5.26 Å². The summed E-state index contributed by atoms with van der Waals surface area (Å²) in [6, 6.07) is 9.80. The second-order valence-electron chi connectivity index (χ2n) is 6.73. The molecule has 1 aromatic carbocycles. The van der Waals surface area contributed by atoms with Gasteiger partial charge in [0, 0.05) is 12.6 Å². The number of carbonyl (C=O) groups is 1. The lowest BCUT2D eigenvalue weighted by atomic mass is 9.75. The summed E-state index contributed by atoms with van der Waals surface area (Å²) in [4.78, 5) is 11.5.